The minimum Gasteiger partial charge on any atom is -0.454 e. The van der Waals surface area contributed by atoms with E-state index in [0.29, 0.717) is 36.1 Å². The second-order valence-electron chi connectivity index (χ2n) is 8.53. The minimum atomic E-state index is -4.87. The molecular weight excluding hydrogens is 480 g/mol. The number of para-hydroxylation sites is 1. The maximum Gasteiger partial charge on any atom is 0.418 e. The van der Waals surface area contributed by atoms with Crippen molar-refractivity contribution in [1.29, 1.82) is 0 Å². The lowest BCUT2D eigenvalue weighted by Gasteiger charge is -2.38. The van der Waals surface area contributed by atoms with Gasteiger partial charge in [-0.3, -0.25) is 4.79 Å². The smallest absolute Gasteiger partial charge is 0.418 e. The monoisotopic (exact) mass is 499 g/mol. The number of amides is 1. The zero-order valence-electron chi connectivity index (χ0n) is 18.0. The van der Waals surface area contributed by atoms with E-state index in [1.807, 2.05) is 11.4 Å². The van der Waals surface area contributed by atoms with Crippen molar-refractivity contribution in [3.05, 3.63) is 53.1 Å². The van der Waals surface area contributed by atoms with Crippen molar-refractivity contribution in [3.63, 3.8) is 0 Å². The maximum absolute atomic E-state index is 13.6. The number of nitrogens with zero attached hydrogens (tertiary/aromatic N) is 2. The molecule has 0 aliphatic carbocycles. The summed E-state index contributed by atoms with van der Waals surface area (Å²) >= 11 is 0. The van der Waals surface area contributed by atoms with E-state index in [1.54, 1.807) is 12.1 Å². The Balaban J connectivity index is 1.41. The summed E-state index contributed by atoms with van der Waals surface area (Å²) in [6.45, 7) is 0.127. The normalized spacial score (nSPS) is 21.6. The van der Waals surface area contributed by atoms with Crippen molar-refractivity contribution >= 4 is 17.3 Å². The van der Waals surface area contributed by atoms with Crippen molar-refractivity contribution in [2.24, 2.45) is 5.10 Å². The van der Waals surface area contributed by atoms with Gasteiger partial charge < -0.3 is 14.8 Å². The van der Waals surface area contributed by atoms with E-state index in [2.05, 4.69) is 5.10 Å². The lowest BCUT2D eigenvalue weighted by atomic mass is 9.89. The van der Waals surface area contributed by atoms with E-state index in [9.17, 15) is 31.1 Å². The van der Waals surface area contributed by atoms with E-state index in [4.69, 9.17) is 9.47 Å². The van der Waals surface area contributed by atoms with E-state index in [1.165, 1.54) is 6.07 Å². The first-order valence-corrected chi connectivity index (χ1v) is 10.8. The quantitative estimate of drug-likeness (QED) is 0.569. The third kappa shape index (κ3) is 4.48. The van der Waals surface area contributed by atoms with E-state index < -0.39 is 48.0 Å². The van der Waals surface area contributed by atoms with Crippen LogP contribution < -0.4 is 14.8 Å². The molecule has 0 aromatic heterocycles. The number of ether oxygens (including phenoxy) is 2. The lowest BCUT2D eigenvalue weighted by Crippen LogP contribution is -2.44. The maximum atomic E-state index is 13.6. The molecule has 2 aromatic carbocycles. The predicted octanol–water partition coefficient (Wildman–Crippen LogP) is 5.44. The molecule has 1 amide bonds. The highest BCUT2D eigenvalue weighted by Gasteiger charge is 2.49. The number of aryl methyl sites for hydroxylation is 1. The molecule has 2 unspecified atom stereocenters. The Morgan fingerprint density at radius 1 is 1.03 bits per heavy atom. The average Bonchev–Trinajstić information content (AvgIpc) is 3.41. The van der Waals surface area contributed by atoms with Crippen LogP contribution in [0.15, 0.2) is 41.5 Å². The Morgan fingerprint density at radius 3 is 2.54 bits per heavy atom. The first-order valence-electron chi connectivity index (χ1n) is 10.8. The molecular formula is C23H19F6N3O3. The summed E-state index contributed by atoms with van der Waals surface area (Å²) in [5.74, 6) is 0.663. The van der Waals surface area contributed by atoms with Gasteiger partial charge in [0, 0.05) is 17.7 Å². The van der Waals surface area contributed by atoms with Crippen molar-refractivity contribution in [2.45, 2.75) is 50.1 Å². The van der Waals surface area contributed by atoms with Gasteiger partial charge >= 0.3 is 12.4 Å². The Morgan fingerprint density at radius 2 is 1.80 bits per heavy atom. The molecule has 35 heavy (non-hydrogen) atoms. The first-order chi connectivity index (χ1) is 16.5. The summed E-state index contributed by atoms with van der Waals surface area (Å²) in [5, 5.41) is 7.17. The summed E-state index contributed by atoms with van der Waals surface area (Å²) in [6, 6.07) is 4.98. The Kier molecular flexibility index (Phi) is 5.56. The SMILES string of the molecule is O=C1CC(CCc2ccc3c(c2)OCO3)=NN1C1CC(C(F)(F)F)Nc2c1cccc2C(F)(F)F. The highest BCUT2D eigenvalue weighted by atomic mass is 19.4. The number of carbonyl (C=O) groups is 1. The van der Waals surface area contributed by atoms with Crippen molar-refractivity contribution in [2.75, 3.05) is 12.1 Å². The average molecular weight is 499 g/mol. The summed E-state index contributed by atoms with van der Waals surface area (Å²) in [4.78, 5) is 12.7. The number of hydrogen-bond donors (Lipinski definition) is 1. The molecule has 3 heterocycles. The summed E-state index contributed by atoms with van der Waals surface area (Å²) in [7, 11) is 0. The van der Waals surface area contributed by atoms with E-state index in [0.717, 1.165) is 16.6 Å². The Bertz CT molecular complexity index is 1190. The highest BCUT2D eigenvalue weighted by Crippen LogP contribution is 2.47. The zero-order chi connectivity index (χ0) is 25.0. The van der Waals surface area contributed by atoms with Crippen molar-refractivity contribution < 1.29 is 40.6 Å². The molecule has 186 valence electrons. The van der Waals surface area contributed by atoms with Crippen LogP contribution in [0.2, 0.25) is 0 Å². The highest BCUT2D eigenvalue weighted by molar-refractivity contribution is 6.05. The fourth-order valence-electron chi connectivity index (χ4n) is 4.54. The molecule has 0 spiro atoms. The second kappa shape index (κ2) is 8.35. The van der Waals surface area contributed by atoms with Crippen LogP contribution in [-0.4, -0.2) is 35.6 Å². The second-order valence-corrected chi connectivity index (χ2v) is 8.53. The van der Waals surface area contributed by atoms with Crippen LogP contribution in [0, 0.1) is 0 Å². The molecule has 2 atom stereocenters. The molecule has 3 aliphatic rings. The number of hydrazone groups is 1. The summed E-state index contributed by atoms with van der Waals surface area (Å²) in [6.07, 6.45) is -9.61. The van der Waals surface area contributed by atoms with Gasteiger partial charge in [-0.15, -0.1) is 0 Å². The number of alkyl halides is 6. The van der Waals surface area contributed by atoms with Gasteiger partial charge in [0.05, 0.1) is 23.7 Å². The molecule has 0 radical (unpaired) electrons. The molecule has 1 N–H and O–H groups in total. The van der Waals surface area contributed by atoms with Gasteiger partial charge in [0.25, 0.3) is 0 Å². The third-order valence-electron chi connectivity index (χ3n) is 6.23. The predicted molar refractivity (Wildman–Crippen MR) is 112 cm³/mol. The fourth-order valence-corrected chi connectivity index (χ4v) is 4.54. The minimum absolute atomic E-state index is 0.0468. The number of halogens is 6. The van der Waals surface area contributed by atoms with Crippen LogP contribution in [0.5, 0.6) is 11.5 Å². The number of anilines is 1. The van der Waals surface area contributed by atoms with Gasteiger partial charge in [-0.25, -0.2) is 5.01 Å². The van der Waals surface area contributed by atoms with Crippen molar-refractivity contribution in [1.82, 2.24) is 5.01 Å². The number of carbonyl (C=O) groups excluding carboxylic acids is 1. The number of benzene rings is 2. The van der Waals surface area contributed by atoms with Gasteiger partial charge in [-0.2, -0.15) is 31.4 Å². The number of rotatable bonds is 4. The van der Waals surface area contributed by atoms with Gasteiger partial charge in [-0.1, -0.05) is 18.2 Å². The molecule has 0 bridgehead atoms. The molecule has 0 fully saturated rings. The van der Waals surface area contributed by atoms with Crippen LogP contribution in [0.3, 0.4) is 0 Å². The van der Waals surface area contributed by atoms with Crippen LogP contribution in [-0.2, 0) is 17.4 Å². The van der Waals surface area contributed by atoms with Gasteiger partial charge in [0.1, 0.15) is 6.04 Å². The summed E-state index contributed by atoms with van der Waals surface area (Å²) < 4.78 is 92.0. The molecule has 2 aromatic rings. The third-order valence-corrected chi connectivity index (χ3v) is 6.23. The fraction of sp³-hybridized carbons (Fsp3) is 0.391. The number of hydrogen-bond acceptors (Lipinski definition) is 5. The number of fused-ring (bicyclic) bond motifs is 2. The zero-order valence-corrected chi connectivity index (χ0v) is 18.0. The number of nitrogens with one attached hydrogen (secondary N) is 1. The largest absolute Gasteiger partial charge is 0.454 e. The van der Waals surface area contributed by atoms with Crippen LogP contribution in [0.1, 0.15) is 42.0 Å². The van der Waals surface area contributed by atoms with Crippen LogP contribution in [0.4, 0.5) is 32.0 Å². The summed E-state index contributed by atoms with van der Waals surface area (Å²) in [5.41, 5.74) is -0.595. The lowest BCUT2D eigenvalue weighted by molar-refractivity contribution is -0.152. The van der Waals surface area contributed by atoms with Gasteiger partial charge in [-0.05, 0) is 36.6 Å². The standard InChI is InChI=1S/C23H19F6N3O3/c24-22(25,26)15-3-1-2-14-16(10-19(23(27,28)29)30-21(14)15)32-20(33)9-13(31-32)6-4-12-5-7-17-18(8-12)35-11-34-17/h1-3,5,7-8,16,19,30H,4,6,9-11H2. The molecule has 5 rings (SSSR count). The van der Waals surface area contributed by atoms with Gasteiger partial charge in [0.2, 0.25) is 12.7 Å². The van der Waals surface area contributed by atoms with Crippen LogP contribution >= 0.6 is 0 Å². The Labute approximate surface area is 195 Å². The first kappa shape index (κ1) is 23.3. The molecule has 6 nitrogen and oxygen atoms in total. The molecule has 0 saturated carbocycles. The topological polar surface area (TPSA) is 63.2 Å². The molecule has 0 saturated heterocycles. The van der Waals surface area contributed by atoms with Gasteiger partial charge in [0.15, 0.2) is 11.5 Å². The molecule has 3 aliphatic heterocycles. The Hall–Kier alpha value is -3.44. The van der Waals surface area contributed by atoms with Crippen LogP contribution in [0.25, 0.3) is 0 Å². The molecule has 12 heteroatoms. The van der Waals surface area contributed by atoms with E-state index >= 15 is 0 Å². The van der Waals surface area contributed by atoms with Crippen molar-refractivity contribution in [3.8, 4) is 11.5 Å². The van der Waals surface area contributed by atoms with E-state index in [-0.39, 0.29) is 18.8 Å².